The van der Waals surface area contributed by atoms with E-state index in [0.717, 1.165) is 24.0 Å². The average Bonchev–Trinajstić information content (AvgIpc) is 2.76. The summed E-state index contributed by atoms with van der Waals surface area (Å²) in [6, 6.07) is 8.09. The second-order valence-electron chi connectivity index (χ2n) is 4.33. The van der Waals surface area contributed by atoms with Gasteiger partial charge in [-0.3, -0.25) is 0 Å². The molecule has 17 heavy (non-hydrogen) atoms. The van der Waals surface area contributed by atoms with Gasteiger partial charge in [-0.05, 0) is 20.3 Å². The molecular formula is C14H16N2O. The van der Waals surface area contributed by atoms with E-state index in [1.165, 1.54) is 5.56 Å². The lowest BCUT2D eigenvalue weighted by molar-refractivity contribution is 0.379. The molecule has 0 unspecified atom stereocenters. The summed E-state index contributed by atoms with van der Waals surface area (Å²) in [5.41, 5.74) is 3.33. The Morgan fingerprint density at radius 1 is 1.29 bits per heavy atom. The molecule has 0 amide bonds. The normalized spacial score (nSPS) is 10.5. The van der Waals surface area contributed by atoms with Gasteiger partial charge in [0.15, 0.2) is 0 Å². The van der Waals surface area contributed by atoms with Crippen LogP contribution in [0.25, 0.3) is 11.4 Å². The summed E-state index contributed by atoms with van der Waals surface area (Å²) in [6.07, 6.45) is 1.64. The highest BCUT2D eigenvalue weighted by Crippen LogP contribution is 2.17. The summed E-state index contributed by atoms with van der Waals surface area (Å²) in [6.45, 7) is 7.91. The fraction of sp³-hybridized carbons (Fsp3) is 0.286. The third-order valence-electron chi connectivity index (χ3n) is 2.54. The molecule has 0 aliphatic carbocycles. The topological polar surface area (TPSA) is 38.9 Å². The van der Waals surface area contributed by atoms with Crippen LogP contribution >= 0.6 is 0 Å². The summed E-state index contributed by atoms with van der Waals surface area (Å²) in [4.78, 5) is 4.36. The Morgan fingerprint density at radius 3 is 2.65 bits per heavy atom. The maximum atomic E-state index is 5.20. The summed E-state index contributed by atoms with van der Waals surface area (Å²) in [7, 11) is 0. The molecule has 0 aliphatic heterocycles. The van der Waals surface area contributed by atoms with Crippen LogP contribution in [0.15, 0.2) is 40.9 Å². The third kappa shape index (κ3) is 3.03. The SMILES string of the molecule is C=C(C)CCc1nc(-c2ccc(C)cc2)no1. The fourth-order valence-electron chi connectivity index (χ4n) is 1.50. The molecule has 3 nitrogen and oxygen atoms in total. The third-order valence-corrected chi connectivity index (χ3v) is 2.54. The van der Waals surface area contributed by atoms with Gasteiger partial charge in [-0.2, -0.15) is 4.98 Å². The molecule has 0 saturated carbocycles. The van der Waals surface area contributed by atoms with E-state index < -0.39 is 0 Å². The molecule has 0 atom stereocenters. The number of benzene rings is 1. The van der Waals surface area contributed by atoms with Crippen molar-refractivity contribution in [2.75, 3.05) is 0 Å². The smallest absolute Gasteiger partial charge is 0.227 e. The number of rotatable bonds is 4. The quantitative estimate of drug-likeness (QED) is 0.751. The molecule has 1 aromatic carbocycles. The second-order valence-corrected chi connectivity index (χ2v) is 4.33. The van der Waals surface area contributed by atoms with Crippen molar-refractivity contribution in [3.8, 4) is 11.4 Å². The van der Waals surface area contributed by atoms with Crippen molar-refractivity contribution in [1.29, 1.82) is 0 Å². The van der Waals surface area contributed by atoms with Crippen LogP contribution in [-0.4, -0.2) is 10.1 Å². The van der Waals surface area contributed by atoms with Crippen LogP contribution < -0.4 is 0 Å². The largest absolute Gasteiger partial charge is 0.339 e. The minimum absolute atomic E-state index is 0.654. The van der Waals surface area contributed by atoms with E-state index in [0.29, 0.717) is 11.7 Å². The van der Waals surface area contributed by atoms with Crippen LogP contribution in [0.4, 0.5) is 0 Å². The zero-order chi connectivity index (χ0) is 12.3. The summed E-state index contributed by atoms with van der Waals surface area (Å²) < 4.78 is 5.20. The molecule has 0 saturated heterocycles. The van der Waals surface area contributed by atoms with Crippen LogP contribution in [0.3, 0.4) is 0 Å². The Balaban J connectivity index is 2.12. The number of aromatic nitrogens is 2. The maximum Gasteiger partial charge on any atom is 0.227 e. The lowest BCUT2D eigenvalue weighted by Gasteiger charge is -1.94. The van der Waals surface area contributed by atoms with Crippen molar-refractivity contribution in [2.24, 2.45) is 0 Å². The minimum atomic E-state index is 0.654. The van der Waals surface area contributed by atoms with Gasteiger partial charge in [-0.1, -0.05) is 40.6 Å². The van der Waals surface area contributed by atoms with Crippen LogP contribution in [0.5, 0.6) is 0 Å². The van der Waals surface area contributed by atoms with E-state index in [9.17, 15) is 0 Å². The minimum Gasteiger partial charge on any atom is -0.339 e. The molecule has 3 heteroatoms. The first-order valence-corrected chi connectivity index (χ1v) is 5.69. The van der Waals surface area contributed by atoms with Crippen molar-refractivity contribution in [3.05, 3.63) is 47.9 Å². The molecule has 2 rings (SSSR count). The number of hydrogen-bond donors (Lipinski definition) is 0. The number of nitrogens with zero attached hydrogens (tertiary/aromatic N) is 2. The Bertz CT molecular complexity index is 511. The van der Waals surface area contributed by atoms with Crippen LogP contribution in [0, 0.1) is 6.92 Å². The van der Waals surface area contributed by atoms with Gasteiger partial charge in [-0.25, -0.2) is 0 Å². The molecule has 1 heterocycles. The van der Waals surface area contributed by atoms with Gasteiger partial charge in [0.2, 0.25) is 11.7 Å². The van der Waals surface area contributed by atoms with Crippen molar-refractivity contribution in [3.63, 3.8) is 0 Å². The van der Waals surface area contributed by atoms with Gasteiger partial charge in [0, 0.05) is 12.0 Å². The summed E-state index contributed by atoms with van der Waals surface area (Å²) in [5, 5.41) is 3.98. The molecule has 0 N–H and O–H groups in total. The summed E-state index contributed by atoms with van der Waals surface area (Å²) >= 11 is 0. The number of allylic oxidation sites excluding steroid dienone is 1. The molecule has 0 bridgehead atoms. The van der Waals surface area contributed by atoms with E-state index >= 15 is 0 Å². The fourth-order valence-corrected chi connectivity index (χ4v) is 1.50. The van der Waals surface area contributed by atoms with E-state index in [4.69, 9.17) is 4.52 Å². The Morgan fingerprint density at radius 2 is 2.00 bits per heavy atom. The highest BCUT2D eigenvalue weighted by Gasteiger charge is 2.07. The van der Waals surface area contributed by atoms with Crippen LogP contribution in [0.1, 0.15) is 24.8 Å². The van der Waals surface area contributed by atoms with Crippen LogP contribution in [-0.2, 0) is 6.42 Å². The average molecular weight is 228 g/mol. The summed E-state index contributed by atoms with van der Waals surface area (Å²) in [5.74, 6) is 1.32. The molecule has 2 aromatic rings. The van der Waals surface area contributed by atoms with E-state index in [-0.39, 0.29) is 0 Å². The number of hydrogen-bond acceptors (Lipinski definition) is 3. The Hall–Kier alpha value is -1.90. The first-order chi connectivity index (χ1) is 8.15. The zero-order valence-electron chi connectivity index (χ0n) is 10.2. The molecule has 0 aliphatic rings. The first-order valence-electron chi connectivity index (χ1n) is 5.69. The van der Waals surface area contributed by atoms with Crippen molar-refractivity contribution < 1.29 is 4.52 Å². The van der Waals surface area contributed by atoms with Crippen molar-refractivity contribution in [2.45, 2.75) is 26.7 Å². The lowest BCUT2D eigenvalue weighted by atomic mass is 10.1. The Labute approximate surface area is 101 Å². The van der Waals surface area contributed by atoms with Gasteiger partial charge in [0.05, 0.1) is 0 Å². The Kier molecular flexibility index (Phi) is 3.38. The first kappa shape index (κ1) is 11.6. The predicted molar refractivity (Wildman–Crippen MR) is 67.6 cm³/mol. The molecule has 0 radical (unpaired) electrons. The molecule has 0 spiro atoms. The molecule has 1 aromatic heterocycles. The molecule has 0 fully saturated rings. The van der Waals surface area contributed by atoms with Gasteiger partial charge >= 0.3 is 0 Å². The zero-order valence-corrected chi connectivity index (χ0v) is 10.2. The van der Waals surface area contributed by atoms with Crippen LogP contribution in [0.2, 0.25) is 0 Å². The highest BCUT2D eigenvalue weighted by molar-refractivity contribution is 5.54. The van der Waals surface area contributed by atoms with Crippen molar-refractivity contribution >= 4 is 0 Å². The highest BCUT2D eigenvalue weighted by atomic mass is 16.5. The lowest BCUT2D eigenvalue weighted by Crippen LogP contribution is -1.86. The van der Waals surface area contributed by atoms with Gasteiger partial charge in [0.25, 0.3) is 0 Å². The maximum absolute atomic E-state index is 5.20. The monoisotopic (exact) mass is 228 g/mol. The van der Waals surface area contributed by atoms with E-state index in [1.807, 2.05) is 31.2 Å². The van der Waals surface area contributed by atoms with Gasteiger partial charge < -0.3 is 4.52 Å². The van der Waals surface area contributed by atoms with E-state index in [2.05, 4.69) is 23.6 Å². The van der Waals surface area contributed by atoms with Gasteiger partial charge in [-0.15, -0.1) is 6.58 Å². The van der Waals surface area contributed by atoms with E-state index in [1.54, 1.807) is 0 Å². The molecule has 88 valence electrons. The number of aryl methyl sites for hydroxylation is 2. The van der Waals surface area contributed by atoms with Gasteiger partial charge in [0.1, 0.15) is 0 Å². The second kappa shape index (κ2) is 4.95. The van der Waals surface area contributed by atoms with Crippen molar-refractivity contribution in [1.82, 2.24) is 10.1 Å². The predicted octanol–water partition coefficient (Wildman–Crippen LogP) is 3.55. The molecular weight excluding hydrogens is 212 g/mol. The standard InChI is InChI=1S/C14H16N2O/c1-10(2)4-9-13-15-14(16-17-13)12-7-5-11(3)6-8-12/h5-8H,1,4,9H2,2-3H3.